The van der Waals surface area contributed by atoms with Crippen LogP contribution in [-0.4, -0.2) is 21.1 Å². The van der Waals surface area contributed by atoms with Crippen LogP contribution in [0.4, 0.5) is 0 Å². The average molecular weight is 307 g/mol. The molecule has 2 bridgehead atoms. The highest BCUT2D eigenvalue weighted by atomic mass is 127. The maximum Gasteiger partial charge on any atom is 0.187 e. The maximum absolute atomic E-state index is 12.0. The fraction of sp³-hybridized carbons (Fsp3) is 0.800. The van der Waals surface area contributed by atoms with Gasteiger partial charge in [-0.3, -0.25) is 4.79 Å². The Bertz CT molecular complexity index is 328. The number of Topliss-reactive ketones (excluding diaryl/α,β-unsaturated/α-hetero) is 1. The normalized spacial score (nSPS) is 49.2. The first-order valence-corrected chi connectivity index (χ1v) is 6.36. The van der Waals surface area contributed by atoms with Crippen LogP contribution in [0.15, 0.2) is 5.16 Å². The molecule has 2 aliphatic carbocycles. The van der Waals surface area contributed by atoms with Gasteiger partial charge in [0.2, 0.25) is 0 Å². The Kier molecular flexibility index (Phi) is 2.18. The smallest absolute Gasteiger partial charge is 0.187 e. The molecule has 4 heteroatoms. The summed E-state index contributed by atoms with van der Waals surface area (Å²) >= 11 is 2.33. The van der Waals surface area contributed by atoms with E-state index in [1.165, 1.54) is 0 Å². The van der Waals surface area contributed by atoms with E-state index in [9.17, 15) is 4.79 Å². The number of carbonyl (C=O) groups is 1. The topological polar surface area (TPSA) is 49.7 Å². The number of ketones is 1. The Hall–Kier alpha value is -0.130. The molecule has 0 aromatic carbocycles. The quantitative estimate of drug-likeness (QED) is 0.350. The maximum atomic E-state index is 12.0. The van der Waals surface area contributed by atoms with Crippen LogP contribution in [0.25, 0.3) is 0 Å². The Labute approximate surface area is 97.1 Å². The van der Waals surface area contributed by atoms with Gasteiger partial charge in [0.15, 0.2) is 5.78 Å². The van der Waals surface area contributed by atoms with Gasteiger partial charge < -0.3 is 5.21 Å². The monoisotopic (exact) mass is 307 g/mol. The third-order valence-electron chi connectivity index (χ3n) is 4.41. The van der Waals surface area contributed by atoms with Crippen LogP contribution in [0.1, 0.15) is 26.7 Å². The number of nitrogens with zero attached hydrogens (tertiary/aromatic N) is 1. The standard InChI is InChI=1S/C10H14INO2/c1-9-4-3-6(10(9,2)5-11)7(12-14)8(9)13/h6,14H,3-5H2,1-2H3/b12-7+/t6-,9+,10-/m1/s1. The van der Waals surface area contributed by atoms with E-state index in [1.807, 2.05) is 6.92 Å². The van der Waals surface area contributed by atoms with Crippen molar-refractivity contribution < 1.29 is 10.0 Å². The molecule has 3 atom stereocenters. The summed E-state index contributed by atoms with van der Waals surface area (Å²) < 4.78 is 0.941. The van der Waals surface area contributed by atoms with Crippen LogP contribution in [-0.2, 0) is 4.79 Å². The number of carbonyl (C=O) groups excluding carboxylic acids is 1. The Morgan fingerprint density at radius 2 is 2.29 bits per heavy atom. The van der Waals surface area contributed by atoms with E-state index in [2.05, 4.69) is 34.7 Å². The molecule has 0 aromatic rings. The first-order chi connectivity index (χ1) is 6.51. The predicted molar refractivity (Wildman–Crippen MR) is 62.1 cm³/mol. The van der Waals surface area contributed by atoms with Crippen molar-refractivity contribution in [3.63, 3.8) is 0 Å². The van der Waals surface area contributed by atoms with Gasteiger partial charge in [-0.15, -0.1) is 0 Å². The summed E-state index contributed by atoms with van der Waals surface area (Å²) in [6.45, 7) is 4.17. The lowest BCUT2D eigenvalue weighted by Crippen LogP contribution is -2.36. The molecule has 2 fully saturated rings. The third-order valence-corrected chi connectivity index (χ3v) is 6.00. The van der Waals surface area contributed by atoms with Crippen molar-refractivity contribution in [1.29, 1.82) is 0 Å². The van der Waals surface area contributed by atoms with Crippen LogP contribution in [0.2, 0.25) is 0 Å². The molecule has 0 aromatic heterocycles. The first-order valence-electron chi connectivity index (χ1n) is 4.84. The van der Waals surface area contributed by atoms with Crippen LogP contribution in [0.5, 0.6) is 0 Å². The molecule has 78 valence electrons. The molecule has 14 heavy (non-hydrogen) atoms. The lowest BCUT2D eigenvalue weighted by Gasteiger charge is -2.33. The van der Waals surface area contributed by atoms with Gasteiger partial charge in [-0.2, -0.15) is 0 Å². The summed E-state index contributed by atoms with van der Waals surface area (Å²) in [4.78, 5) is 12.0. The van der Waals surface area contributed by atoms with Crippen molar-refractivity contribution in [3.05, 3.63) is 0 Å². The van der Waals surface area contributed by atoms with Gasteiger partial charge in [0.05, 0.1) is 0 Å². The summed E-state index contributed by atoms with van der Waals surface area (Å²) in [7, 11) is 0. The molecule has 1 N–H and O–H groups in total. The largest absolute Gasteiger partial charge is 0.411 e. The lowest BCUT2D eigenvalue weighted by molar-refractivity contribution is -0.123. The zero-order valence-electron chi connectivity index (χ0n) is 8.38. The van der Waals surface area contributed by atoms with Crippen LogP contribution >= 0.6 is 22.6 Å². The number of alkyl halides is 1. The van der Waals surface area contributed by atoms with Gasteiger partial charge in [-0.05, 0) is 18.3 Å². The second-order valence-electron chi connectivity index (χ2n) is 4.79. The van der Waals surface area contributed by atoms with E-state index >= 15 is 0 Å². The summed E-state index contributed by atoms with van der Waals surface area (Å²) in [6, 6.07) is 0. The minimum absolute atomic E-state index is 0.00773. The van der Waals surface area contributed by atoms with Gasteiger partial charge in [-0.25, -0.2) is 0 Å². The minimum Gasteiger partial charge on any atom is -0.411 e. The second kappa shape index (κ2) is 2.93. The van der Waals surface area contributed by atoms with Crippen molar-refractivity contribution >= 4 is 34.1 Å². The van der Waals surface area contributed by atoms with Gasteiger partial charge in [0.1, 0.15) is 5.71 Å². The number of hydrogen-bond acceptors (Lipinski definition) is 3. The van der Waals surface area contributed by atoms with E-state index < -0.39 is 0 Å². The molecule has 2 rings (SSSR count). The number of oxime groups is 1. The molecular weight excluding hydrogens is 293 g/mol. The van der Waals surface area contributed by atoms with Gasteiger partial charge in [0.25, 0.3) is 0 Å². The van der Waals surface area contributed by atoms with Crippen molar-refractivity contribution in [3.8, 4) is 0 Å². The predicted octanol–water partition coefficient (Wildman–Crippen LogP) is 2.26. The SMILES string of the molecule is C[C@]12CC[C@H](/C(=N\O)C1=O)[C@@]2(C)CI. The molecule has 0 saturated heterocycles. The van der Waals surface area contributed by atoms with Crippen LogP contribution < -0.4 is 0 Å². The second-order valence-corrected chi connectivity index (χ2v) is 5.55. The van der Waals surface area contributed by atoms with Crippen molar-refractivity contribution in [2.45, 2.75) is 26.7 Å². The minimum atomic E-state index is -0.291. The number of rotatable bonds is 1. The molecule has 0 spiro atoms. The number of fused-ring (bicyclic) bond motifs is 2. The molecule has 0 heterocycles. The Morgan fingerprint density at radius 1 is 1.64 bits per heavy atom. The van der Waals surface area contributed by atoms with E-state index in [4.69, 9.17) is 5.21 Å². The molecule has 0 radical (unpaired) electrons. The summed E-state index contributed by atoms with van der Waals surface area (Å²) in [5, 5.41) is 12.1. The van der Waals surface area contributed by atoms with Gasteiger partial charge in [-0.1, -0.05) is 41.6 Å². The molecule has 0 aliphatic heterocycles. The summed E-state index contributed by atoms with van der Waals surface area (Å²) in [5.74, 6) is 0.234. The van der Waals surface area contributed by atoms with E-state index in [-0.39, 0.29) is 22.5 Å². The van der Waals surface area contributed by atoms with E-state index in [1.54, 1.807) is 0 Å². The molecule has 2 aliphatic rings. The summed E-state index contributed by atoms with van der Waals surface area (Å²) in [5.41, 5.74) is 0.116. The van der Waals surface area contributed by atoms with Crippen LogP contribution in [0, 0.1) is 16.7 Å². The zero-order chi connectivity index (χ0) is 10.6. The lowest BCUT2D eigenvalue weighted by atomic mass is 9.70. The molecule has 0 amide bonds. The number of halogens is 1. The van der Waals surface area contributed by atoms with Crippen LogP contribution in [0.3, 0.4) is 0 Å². The first kappa shape index (κ1) is 10.4. The third kappa shape index (κ3) is 0.882. The molecule has 2 saturated carbocycles. The van der Waals surface area contributed by atoms with E-state index in [0.717, 1.165) is 17.3 Å². The fourth-order valence-electron chi connectivity index (χ4n) is 3.03. The highest BCUT2D eigenvalue weighted by molar-refractivity contribution is 14.1. The highest BCUT2D eigenvalue weighted by Crippen LogP contribution is 2.63. The molecular formula is C10H14INO2. The summed E-state index contributed by atoms with van der Waals surface area (Å²) in [6.07, 6.45) is 1.93. The molecule has 0 unspecified atom stereocenters. The van der Waals surface area contributed by atoms with Crippen molar-refractivity contribution in [2.75, 3.05) is 4.43 Å². The zero-order valence-corrected chi connectivity index (χ0v) is 10.5. The van der Waals surface area contributed by atoms with Gasteiger partial charge in [0, 0.05) is 15.8 Å². The average Bonchev–Trinajstić information content (AvgIpc) is 2.52. The highest BCUT2D eigenvalue weighted by Gasteiger charge is 2.67. The van der Waals surface area contributed by atoms with Crippen molar-refractivity contribution in [2.24, 2.45) is 21.9 Å². The number of hydrogen-bond donors (Lipinski definition) is 1. The Morgan fingerprint density at radius 3 is 2.64 bits per heavy atom. The molecule has 3 nitrogen and oxygen atoms in total. The van der Waals surface area contributed by atoms with Crippen molar-refractivity contribution in [1.82, 2.24) is 0 Å². The Balaban J connectivity index is 2.56. The fourth-order valence-corrected chi connectivity index (χ4v) is 4.40. The van der Waals surface area contributed by atoms with E-state index in [0.29, 0.717) is 5.71 Å². The van der Waals surface area contributed by atoms with Gasteiger partial charge >= 0.3 is 0 Å².